The molecule has 25 heavy (non-hydrogen) atoms. The van der Waals surface area contributed by atoms with E-state index in [2.05, 4.69) is 26.0 Å². The first-order chi connectivity index (χ1) is 11.6. The second kappa shape index (κ2) is 5.10. The van der Waals surface area contributed by atoms with Crippen molar-refractivity contribution in [2.75, 3.05) is 7.11 Å². The summed E-state index contributed by atoms with van der Waals surface area (Å²) in [5, 5.41) is 22.3. The van der Waals surface area contributed by atoms with Gasteiger partial charge in [-0.3, -0.25) is 4.79 Å². The summed E-state index contributed by atoms with van der Waals surface area (Å²) < 4.78 is 5.15. The van der Waals surface area contributed by atoms with Gasteiger partial charge in [-0.2, -0.15) is 0 Å². The minimum absolute atomic E-state index is 0.0554. The Morgan fingerprint density at radius 2 is 1.76 bits per heavy atom. The van der Waals surface area contributed by atoms with Gasteiger partial charge in [0.05, 0.1) is 24.7 Å². The van der Waals surface area contributed by atoms with Crippen LogP contribution in [-0.2, 0) is 9.53 Å². The van der Waals surface area contributed by atoms with E-state index >= 15 is 0 Å². The third-order valence-electron chi connectivity index (χ3n) is 8.82. The van der Waals surface area contributed by atoms with Gasteiger partial charge in [0.25, 0.3) is 0 Å². The maximum atomic E-state index is 12.7. The Morgan fingerprint density at radius 3 is 2.44 bits per heavy atom. The molecule has 0 saturated heterocycles. The van der Waals surface area contributed by atoms with Gasteiger partial charge in [0.15, 0.2) is 0 Å². The lowest BCUT2D eigenvalue weighted by molar-refractivity contribution is -0.235. The van der Waals surface area contributed by atoms with Crippen molar-refractivity contribution in [3.63, 3.8) is 0 Å². The molecule has 0 amide bonds. The Morgan fingerprint density at radius 1 is 1.04 bits per heavy atom. The first kappa shape index (κ1) is 17.5. The van der Waals surface area contributed by atoms with E-state index in [1.807, 2.05) is 6.92 Å². The number of aliphatic hydroxyl groups excluding tert-OH is 2. The first-order valence-corrected chi connectivity index (χ1v) is 9.77. The van der Waals surface area contributed by atoms with Crippen LogP contribution >= 0.6 is 0 Å². The zero-order chi connectivity index (χ0) is 18.3. The summed E-state index contributed by atoms with van der Waals surface area (Å²) in [7, 11) is 1.45. The summed E-state index contributed by atoms with van der Waals surface area (Å²) in [6.07, 6.45) is 8.55. The van der Waals surface area contributed by atoms with E-state index in [1.54, 1.807) is 0 Å². The Kier molecular flexibility index (Phi) is 3.58. The Balaban J connectivity index is 1.82. The highest BCUT2D eigenvalue weighted by Crippen LogP contribution is 2.71. The van der Waals surface area contributed by atoms with Crippen LogP contribution in [0.5, 0.6) is 0 Å². The van der Waals surface area contributed by atoms with E-state index in [1.165, 1.54) is 7.11 Å². The normalized spacial score (nSPS) is 56.9. The van der Waals surface area contributed by atoms with E-state index in [4.69, 9.17) is 4.74 Å². The highest BCUT2D eigenvalue weighted by atomic mass is 16.5. The highest BCUT2D eigenvalue weighted by Gasteiger charge is 2.70. The molecule has 1 spiro atoms. The SMILES string of the molecule is COC(=O)[C@]1(C)CC[C@H](O)[C@@]2(C)[C@@H]3CC[C@]4(C)C=C[C@]3(C4)[C@@H](O)C[C@@H]21. The molecule has 0 aromatic rings. The minimum atomic E-state index is -0.631. The molecule has 3 saturated carbocycles. The summed E-state index contributed by atoms with van der Waals surface area (Å²) in [6, 6.07) is 0. The molecule has 0 radical (unpaired) electrons. The number of aliphatic hydroxyl groups is 2. The number of hydrogen-bond donors (Lipinski definition) is 2. The average molecular weight is 348 g/mol. The van der Waals surface area contributed by atoms with Crippen molar-refractivity contribution >= 4 is 5.97 Å². The number of ether oxygens (including phenoxy) is 1. The number of allylic oxidation sites excluding steroid dienone is 1. The molecule has 140 valence electrons. The second-order valence-corrected chi connectivity index (χ2v) is 10.0. The van der Waals surface area contributed by atoms with Gasteiger partial charge in [-0.15, -0.1) is 0 Å². The van der Waals surface area contributed by atoms with Crippen LogP contribution in [0.25, 0.3) is 0 Å². The zero-order valence-corrected chi connectivity index (χ0v) is 15.9. The molecule has 4 nitrogen and oxygen atoms in total. The molecule has 0 aromatic carbocycles. The molecule has 2 N–H and O–H groups in total. The third-order valence-corrected chi connectivity index (χ3v) is 8.82. The number of esters is 1. The van der Waals surface area contributed by atoms with Crippen LogP contribution in [-0.4, -0.2) is 35.5 Å². The average Bonchev–Trinajstić information content (AvgIpc) is 2.85. The molecule has 0 unspecified atom stereocenters. The van der Waals surface area contributed by atoms with Gasteiger partial charge in [0, 0.05) is 10.8 Å². The number of fused-ring (bicyclic) bond motifs is 3. The fourth-order valence-corrected chi connectivity index (χ4v) is 7.43. The molecule has 0 aromatic heterocycles. The third kappa shape index (κ3) is 1.98. The number of carbonyl (C=O) groups is 1. The van der Waals surface area contributed by atoms with Crippen molar-refractivity contribution in [2.45, 2.75) is 71.5 Å². The molecule has 4 aliphatic carbocycles. The lowest BCUT2D eigenvalue weighted by Crippen LogP contribution is -2.67. The Labute approximate surface area is 150 Å². The largest absolute Gasteiger partial charge is 0.469 e. The Bertz CT molecular complexity index is 625. The quantitative estimate of drug-likeness (QED) is 0.564. The number of carbonyl (C=O) groups excluding carboxylic acids is 1. The highest BCUT2D eigenvalue weighted by molar-refractivity contribution is 5.77. The number of hydrogen-bond acceptors (Lipinski definition) is 4. The monoisotopic (exact) mass is 348 g/mol. The molecule has 2 bridgehead atoms. The van der Waals surface area contributed by atoms with Crippen molar-refractivity contribution in [1.29, 1.82) is 0 Å². The fraction of sp³-hybridized carbons (Fsp3) is 0.857. The molecule has 0 aliphatic heterocycles. The van der Waals surface area contributed by atoms with Crippen LogP contribution in [0.4, 0.5) is 0 Å². The summed E-state index contributed by atoms with van der Waals surface area (Å²) in [4.78, 5) is 12.7. The Hall–Kier alpha value is -0.870. The number of methoxy groups -OCH3 is 1. The van der Waals surface area contributed by atoms with Gasteiger partial charge in [-0.25, -0.2) is 0 Å². The van der Waals surface area contributed by atoms with Crippen molar-refractivity contribution in [3.8, 4) is 0 Å². The van der Waals surface area contributed by atoms with Gasteiger partial charge in [-0.05, 0) is 62.7 Å². The number of rotatable bonds is 1. The topological polar surface area (TPSA) is 66.8 Å². The first-order valence-electron chi connectivity index (χ1n) is 9.77. The fourth-order valence-electron chi connectivity index (χ4n) is 7.43. The van der Waals surface area contributed by atoms with E-state index in [9.17, 15) is 15.0 Å². The standard InChI is InChI=1S/C21H32O4/c1-18-7-5-13-20(3)14(11-16(23)21(13,12-18)10-9-18)19(2,17(24)25-4)8-6-15(20)22/h9-10,13-16,22-23H,5-8,11-12H2,1-4H3/t13-,14+,15-,16-,18+,19+,20-,21+/m0/s1. The van der Waals surface area contributed by atoms with Crippen molar-refractivity contribution in [2.24, 2.45) is 33.5 Å². The van der Waals surface area contributed by atoms with Gasteiger partial charge in [0.2, 0.25) is 0 Å². The lowest BCUT2D eigenvalue weighted by Gasteiger charge is -2.66. The summed E-state index contributed by atoms with van der Waals surface area (Å²) in [6.45, 7) is 6.44. The molecular formula is C21H32O4. The van der Waals surface area contributed by atoms with Crippen LogP contribution in [0.3, 0.4) is 0 Å². The molecule has 8 atom stereocenters. The van der Waals surface area contributed by atoms with E-state index in [0.717, 1.165) is 19.3 Å². The van der Waals surface area contributed by atoms with Crippen LogP contribution in [0, 0.1) is 33.5 Å². The molecule has 3 fully saturated rings. The zero-order valence-electron chi connectivity index (χ0n) is 15.9. The van der Waals surface area contributed by atoms with Gasteiger partial charge < -0.3 is 14.9 Å². The molecule has 4 aliphatic rings. The summed E-state index contributed by atoms with van der Waals surface area (Å²) in [5.41, 5.74) is -1.07. The molecule has 4 rings (SSSR count). The molecule has 0 heterocycles. The summed E-state index contributed by atoms with van der Waals surface area (Å²) in [5.74, 6) is -0.0403. The second-order valence-electron chi connectivity index (χ2n) is 10.0. The minimum Gasteiger partial charge on any atom is -0.469 e. The maximum Gasteiger partial charge on any atom is 0.311 e. The van der Waals surface area contributed by atoms with E-state index in [-0.39, 0.29) is 34.1 Å². The predicted octanol–water partition coefficient (Wildman–Crippen LogP) is 3.07. The van der Waals surface area contributed by atoms with Crippen LogP contribution in [0.1, 0.15) is 59.3 Å². The van der Waals surface area contributed by atoms with Crippen molar-refractivity contribution in [1.82, 2.24) is 0 Å². The van der Waals surface area contributed by atoms with Crippen LogP contribution < -0.4 is 0 Å². The van der Waals surface area contributed by atoms with Crippen molar-refractivity contribution < 1.29 is 19.7 Å². The van der Waals surface area contributed by atoms with Crippen LogP contribution in [0.2, 0.25) is 0 Å². The van der Waals surface area contributed by atoms with E-state index < -0.39 is 17.6 Å². The lowest BCUT2D eigenvalue weighted by atomic mass is 9.39. The smallest absolute Gasteiger partial charge is 0.311 e. The predicted molar refractivity (Wildman–Crippen MR) is 94.6 cm³/mol. The molecular weight excluding hydrogens is 316 g/mol. The summed E-state index contributed by atoms with van der Waals surface area (Å²) >= 11 is 0. The van der Waals surface area contributed by atoms with Crippen LogP contribution in [0.15, 0.2) is 12.2 Å². The van der Waals surface area contributed by atoms with Crippen molar-refractivity contribution in [3.05, 3.63) is 12.2 Å². The van der Waals surface area contributed by atoms with Gasteiger partial charge >= 0.3 is 5.97 Å². The van der Waals surface area contributed by atoms with Gasteiger partial charge in [-0.1, -0.05) is 26.0 Å². The molecule has 4 heteroatoms. The van der Waals surface area contributed by atoms with Gasteiger partial charge in [0.1, 0.15) is 0 Å². The maximum absolute atomic E-state index is 12.7. The van der Waals surface area contributed by atoms with E-state index in [0.29, 0.717) is 19.3 Å².